The molecule has 8 rings (SSSR count). The summed E-state index contributed by atoms with van der Waals surface area (Å²) < 4.78 is 26.4. The van der Waals surface area contributed by atoms with Gasteiger partial charge in [0.25, 0.3) is 0 Å². The molecule has 3 saturated carbocycles. The first-order chi connectivity index (χ1) is 18.8. The molecular formula is C31H36N2O5S. The number of ether oxygens (including phenoxy) is 4. The highest BCUT2D eigenvalue weighted by Gasteiger charge is 2.76. The summed E-state index contributed by atoms with van der Waals surface area (Å²) in [7, 11) is 0. The molecule has 0 amide bonds. The number of thioether (sulfide) groups is 1. The van der Waals surface area contributed by atoms with Gasteiger partial charge >= 0.3 is 0 Å². The van der Waals surface area contributed by atoms with E-state index in [1.54, 1.807) is 11.8 Å². The number of aromatic nitrogens is 2. The molecule has 6 aliphatic rings. The first kappa shape index (κ1) is 24.8. The fraction of sp³-hybridized carbons (Fsp3) is 0.613. The molecule has 0 radical (unpaired) electrons. The molecule has 0 bridgehead atoms. The number of rotatable bonds is 2. The van der Waals surface area contributed by atoms with Gasteiger partial charge in [-0.05, 0) is 86.1 Å². The zero-order valence-electron chi connectivity index (χ0n) is 22.9. The summed E-state index contributed by atoms with van der Waals surface area (Å²) in [5, 5.41) is 4.81. The molecule has 8 heteroatoms. The Hall–Kier alpha value is -1.97. The second-order valence-electron chi connectivity index (χ2n) is 12.9. The number of allylic oxidation sites excluding steroid dienone is 1. The van der Waals surface area contributed by atoms with E-state index >= 15 is 0 Å². The lowest BCUT2D eigenvalue weighted by atomic mass is 9.45. The summed E-state index contributed by atoms with van der Waals surface area (Å²) in [5.74, 6) is 0.219. The van der Waals surface area contributed by atoms with E-state index in [1.165, 1.54) is 21.7 Å². The molecule has 2 aliphatic heterocycles. The molecule has 5 fully saturated rings. The van der Waals surface area contributed by atoms with E-state index < -0.39 is 11.4 Å². The Morgan fingerprint density at radius 3 is 2.64 bits per heavy atom. The van der Waals surface area contributed by atoms with Gasteiger partial charge in [0.1, 0.15) is 18.0 Å². The Morgan fingerprint density at radius 2 is 1.87 bits per heavy atom. The van der Waals surface area contributed by atoms with Crippen molar-refractivity contribution in [1.29, 1.82) is 0 Å². The van der Waals surface area contributed by atoms with Gasteiger partial charge in [0.15, 0.2) is 13.6 Å². The van der Waals surface area contributed by atoms with E-state index in [0.29, 0.717) is 30.6 Å². The van der Waals surface area contributed by atoms with Gasteiger partial charge in [-0.2, -0.15) is 5.10 Å². The van der Waals surface area contributed by atoms with Crippen LogP contribution < -0.4 is 0 Å². The molecule has 1 aromatic carbocycles. The van der Waals surface area contributed by atoms with Crippen LogP contribution in [0, 0.1) is 28.6 Å². The number of benzene rings is 1. The van der Waals surface area contributed by atoms with E-state index in [2.05, 4.69) is 55.1 Å². The first-order valence-corrected chi connectivity index (χ1v) is 15.5. The molecular weight excluding hydrogens is 512 g/mol. The van der Waals surface area contributed by atoms with Crippen LogP contribution in [0.15, 0.2) is 40.9 Å². The zero-order chi connectivity index (χ0) is 26.6. The van der Waals surface area contributed by atoms with Crippen molar-refractivity contribution < 1.29 is 23.7 Å². The maximum Gasteiger partial charge on any atom is 0.226 e. The van der Waals surface area contributed by atoms with Crippen LogP contribution in [0.3, 0.4) is 0 Å². The minimum absolute atomic E-state index is 0.0158. The highest BCUT2D eigenvalue weighted by Crippen LogP contribution is 2.70. The normalized spacial score (nSPS) is 42.4. The Balaban J connectivity index is 1.14. The Labute approximate surface area is 233 Å². The lowest BCUT2D eigenvalue weighted by molar-refractivity contribution is -0.246. The summed E-state index contributed by atoms with van der Waals surface area (Å²) in [6.07, 6.45) is 11.8. The average Bonchev–Trinajstić information content (AvgIpc) is 3.71. The van der Waals surface area contributed by atoms with Crippen molar-refractivity contribution in [3.63, 3.8) is 0 Å². The third-order valence-corrected chi connectivity index (χ3v) is 12.2. The molecule has 7 atom stereocenters. The minimum atomic E-state index is -0.893. The minimum Gasteiger partial charge on any atom is -0.350 e. The number of Topliss-reactive ketones (excluding diaryl/α,β-unsaturated/α-hetero) is 1. The largest absolute Gasteiger partial charge is 0.350 e. The van der Waals surface area contributed by atoms with E-state index in [9.17, 15) is 4.79 Å². The van der Waals surface area contributed by atoms with Crippen LogP contribution in [0.25, 0.3) is 11.8 Å². The molecule has 39 heavy (non-hydrogen) atoms. The van der Waals surface area contributed by atoms with Crippen LogP contribution in [0.1, 0.15) is 57.2 Å². The highest BCUT2D eigenvalue weighted by molar-refractivity contribution is 7.98. The monoisotopic (exact) mass is 548 g/mol. The first-order valence-electron chi connectivity index (χ1n) is 14.3. The SMILES string of the molecule is CSc1ccc(-n2ncc3c2C=C2CC[C@@H]4[C@H](C(=O)C[C@@]5(C)[C@H]4CC[C@@]54OCOC45COCO5)[C@@]2(C)C3)cc1. The van der Waals surface area contributed by atoms with Crippen LogP contribution in [0.2, 0.25) is 0 Å². The topological polar surface area (TPSA) is 71.8 Å². The third-order valence-electron chi connectivity index (χ3n) is 11.5. The number of carbonyl (C=O) groups is 1. The smallest absolute Gasteiger partial charge is 0.226 e. The molecule has 7 nitrogen and oxygen atoms in total. The second-order valence-corrected chi connectivity index (χ2v) is 13.8. The summed E-state index contributed by atoms with van der Waals surface area (Å²) in [4.78, 5) is 15.6. The maximum atomic E-state index is 14.4. The van der Waals surface area contributed by atoms with Crippen LogP contribution in [-0.2, 0) is 30.2 Å². The molecule has 0 N–H and O–H groups in total. The second kappa shape index (κ2) is 8.29. The van der Waals surface area contributed by atoms with Crippen molar-refractivity contribution in [2.75, 3.05) is 26.4 Å². The molecule has 1 unspecified atom stereocenters. The van der Waals surface area contributed by atoms with Crippen molar-refractivity contribution in [2.45, 2.75) is 68.7 Å². The lowest BCUT2D eigenvalue weighted by Gasteiger charge is -2.59. The predicted molar refractivity (Wildman–Crippen MR) is 146 cm³/mol. The summed E-state index contributed by atoms with van der Waals surface area (Å²) in [6, 6.07) is 8.59. The van der Waals surface area contributed by atoms with Gasteiger partial charge in [0.05, 0.1) is 17.6 Å². The van der Waals surface area contributed by atoms with Crippen LogP contribution in [0.5, 0.6) is 0 Å². The molecule has 206 valence electrons. The number of ketones is 1. The lowest BCUT2D eigenvalue weighted by Crippen LogP contribution is -2.65. The molecule has 2 spiro atoms. The number of carbonyl (C=O) groups excluding carboxylic acids is 1. The fourth-order valence-corrected chi connectivity index (χ4v) is 10.2. The van der Waals surface area contributed by atoms with Crippen LogP contribution >= 0.6 is 11.8 Å². The average molecular weight is 549 g/mol. The number of nitrogens with zero attached hydrogens (tertiary/aromatic N) is 2. The van der Waals surface area contributed by atoms with E-state index in [4.69, 9.17) is 24.0 Å². The Bertz CT molecular complexity index is 1370. The molecule has 2 saturated heterocycles. The van der Waals surface area contributed by atoms with E-state index in [-0.39, 0.29) is 30.3 Å². The summed E-state index contributed by atoms with van der Waals surface area (Å²) >= 11 is 1.74. The van der Waals surface area contributed by atoms with Gasteiger partial charge in [0.2, 0.25) is 5.79 Å². The van der Waals surface area contributed by atoms with E-state index in [0.717, 1.165) is 37.8 Å². The number of fused-ring (bicyclic) bond motifs is 8. The quantitative estimate of drug-likeness (QED) is 0.466. The molecule has 3 heterocycles. The Kier molecular flexibility index (Phi) is 5.27. The van der Waals surface area contributed by atoms with Gasteiger partial charge in [-0.25, -0.2) is 4.68 Å². The summed E-state index contributed by atoms with van der Waals surface area (Å²) in [5.41, 5.74) is 3.75. The van der Waals surface area contributed by atoms with Crippen molar-refractivity contribution in [3.05, 3.63) is 47.3 Å². The van der Waals surface area contributed by atoms with Crippen molar-refractivity contribution >= 4 is 23.6 Å². The van der Waals surface area contributed by atoms with Crippen LogP contribution in [-0.4, -0.2) is 53.4 Å². The number of hydrogen-bond donors (Lipinski definition) is 0. The number of hydrogen-bond acceptors (Lipinski definition) is 7. The molecule has 2 aromatic rings. The molecule has 4 aliphatic carbocycles. The third kappa shape index (κ3) is 3.05. The zero-order valence-corrected chi connectivity index (χ0v) is 23.7. The summed E-state index contributed by atoms with van der Waals surface area (Å²) in [6.45, 7) is 5.41. The Morgan fingerprint density at radius 1 is 1.05 bits per heavy atom. The van der Waals surface area contributed by atoms with Gasteiger partial charge in [-0.15, -0.1) is 11.8 Å². The van der Waals surface area contributed by atoms with Gasteiger partial charge < -0.3 is 18.9 Å². The van der Waals surface area contributed by atoms with Gasteiger partial charge in [0, 0.05) is 28.1 Å². The standard InChI is InChI=1S/C31H36N2O5S/c1-28-13-19-15-32-33(21-5-7-22(39-3)8-6-21)25(19)12-20(28)4-9-23-24-10-11-30(29(24,2)14-26(34)27(23)28)31(38-18-36-30)16-35-17-37-31/h5-8,12,15,23-24,27H,4,9-11,13-14,16-18H2,1-3H3/t23-,24-,27+,28-,29-,30+,31?/m0/s1. The van der Waals surface area contributed by atoms with Gasteiger partial charge in [-0.3, -0.25) is 4.79 Å². The highest BCUT2D eigenvalue weighted by atomic mass is 32.2. The fourth-order valence-electron chi connectivity index (χ4n) is 9.79. The van der Waals surface area contributed by atoms with Crippen LogP contribution in [0.4, 0.5) is 0 Å². The maximum absolute atomic E-state index is 14.4. The molecule has 1 aromatic heterocycles. The van der Waals surface area contributed by atoms with Crippen molar-refractivity contribution in [3.8, 4) is 5.69 Å². The van der Waals surface area contributed by atoms with Gasteiger partial charge in [-0.1, -0.05) is 19.4 Å². The van der Waals surface area contributed by atoms with Crippen molar-refractivity contribution in [2.24, 2.45) is 28.6 Å². The van der Waals surface area contributed by atoms with E-state index in [1.807, 2.05) is 6.20 Å². The van der Waals surface area contributed by atoms with Crippen molar-refractivity contribution in [1.82, 2.24) is 9.78 Å². The predicted octanol–water partition coefficient (Wildman–Crippen LogP) is 5.40.